The van der Waals surface area contributed by atoms with Gasteiger partial charge in [0.2, 0.25) is 0 Å². The molecular weight excluding hydrogens is 687 g/mol. The van der Waals surface area contributed by atoms with Gasteiger partial charge in [0.05, 0.1) is 40.6 Å². The van der Waals surface area contributed by atoms with Gasteiger partial charge in [0.1, 0.15) is 9.84 Å². The van der Waals surface area contributed by atoms with Gasteiger partial charge in [-0.2, -0.15) is 0 Å². The minimum Gasteiger partial charge on any atom is -0.469 e. The fraction of sp³-hybridized carbons (Fsp3) is 0.900. The number of ether oxygens (including phenoxy) is 4. The molecule has 0 aliphatic carbocycles. The van der Waals surface area contributed by atoms with Gasteiger partial charge >= 0.3 is 24.0 Å². The Hall–Kier alpha value is -2.37. The third-order valence-electron chi connectivity index (χ3n) is 9.29. The van der Waals surface area contributed by atoms with Crippen molar-refractivity contribution in [3.05, 3.63) is 0 Å². The summed E-state index contributed by atoms with van der Waals surface area (Å²) in [7, 11) is 2.73. The van der Waals surface area contributed by atoms with Crippen LogP contribution in [0.15, 0.2) is 0 Å². The predicted molar refractivity (Wildman–Crippen MR) is 215 cm³/mol. The Labute approximate surface area is 320 Å². The highest BCUT2D eigenvalue weighted by molar-refractivity contribution is 7.90. The summed E-state index contributed by atoms with van der Waals surface area (Å²) in [6.45, 7) is 33.8. The molecule has 0 saturated heterocycles. The highest BCUT2D eigenvalue weighted by Crippen LogP contribution is 2.35. The van der Waals surface area contributed by atoms with Gasteiger partial charge in [0.25, 0.3) is 0 Å². The van der Waals surface area contributed by atoms with Crippen LogP contribution in [0.3, 0.4) is 0 Å². The molecular formula is C40H83NO10S. The van der Waals surface area contributed by atoms with Gasteiger partial charge in [-0.1, -0.05) is 118 Å². The SMILES string of the molecule is C.CC(CS(C)(=O)=O)C(C)(C)C.COC(=O)CC(C(C)C)C(C)(C)C.COC(=O)CC(C)C(C)(C)C.COC(=O)CC(CNC(=O)OC)C(C)(C)C. The lowest BCUT2D eigenvalue weighted by Crippen LogP contribution is -2.36. The quantitative estimate of drug-likeness (QED) is 0.159. The highest BCUT2D eigenvalue weighted by Gasteiger charge is 2.30. The normalized spacial score (nSPS) is 14.0. The maximum absolute atomic E-state index is 11.2. The van der Waals surface area contributed by atoms with Crippen LogP contribution in [-0.4, -0.2) is 79.4 Å². The molecule has 12 heteroatoms. The van der Waals surface area contributed by atoms with Crippen molar-refractivity contribution < 1.29 is 46.5 Å². The first-order valence-corrected chi connectivity index (χ1v) is 19.9. The van der Waals surface area contributed by atoms with Crippen LogP contribution in [0.5, 0.6) is 0 Å². The summed E-state index contributed by atoms with van der Waals surface area (Å²) in [5.74, 6) is 1.30. The number of carbonyl (C=O) groups excluding carboxylic acids is 4. The van der Waals surface area contributed by atoms with Crippen molar-refractivity contribution in [2.24, 2.45) is 51.2 Å². The average Bonchev–Trinajstić information content (AvgIpc) is 2.95. The number of sulfone groups is 1. The number of nitrogens with one attached hydrogen (secondary N) is 1. The van der Waals surface area contributed by atoms with Crippen LogP contribution in [0.1, 0.15) is 137 Å². The van der Waals surface area contributed by atoms with Crippen molar-refractivity contribution in [3.63, 3.8) is 0 Å². The number of amides is 1. The van der Waals surface area contributed by atoms with E-state index >= 15 is 0 Å². The molecule has 0 heterocycles. The number of rotatable bonds is 11. The van der Waals surface area contributed by atoms with Gasteiger partial charge in [-0.05, 0) is 51.2 Å². The van der Waals surface area contributed by atoms with Gasteiger partial charge in [0, 0.05) is 25.6 Å². The van der Waals surface area contributed by atoms with Crippen molar-refractivity contribution in [2.75, 3.05) is 47.0 Å². The summed E-state index contributed by atoms with van der Waals surface area (Å²) < 4.78 is 40.1. The van der Waals surface area contributed by atoms with Gasteiger partial charge in [-0.25, -0.2) is 13.2 Å². The number of carbonyl (C=O) groups is 4. The van der Waals surface area contributed by atoms with E-state index in [4.69, 9.17) is 0 Å². The number of hydrogen-bond acceptors (Lipinski definition) is 10. The number of hydrogen-bond donors (Lipinski definition) is 1. The zero-order valence-corrected chi connectivity index (χ0v) is 37.2. The van der Waals surface area contributed by atoms with E-state index in [0.717, 1.165) is 0 Å². The molecule has 1 amide bonds. The molecule has 4 unspecified atom stereocenters. The molecule has 0 aliphatic rings. The number of methoxy groups -OCH3 is 4. The van der Waals surface area contributed by atoms with Gasteiger partial charge in [-0.15, -0.1) is 0 Å². The Morgan fingerprint density at radius 1 is 0.558 bits per heavy atom. The topological polar surface area (TPSA) is 151 Å². The Balaban J connectivity index is -0.000000190. The van der Waals surface area contributed by atoms with Crippen LogP contribution in [0.25, 0.3) is 0 Å². The molecule has 0 aromatic heterocycles. The standard InChI is InChI=1S/C11H21NO4.C11H22O2.C9H18O2.C8H18O2S.CH4/c1-11(2,3)8(6-9(13)15-4)7-12-10(14)16-5;1-8(2)9(11(3,4)5)7-10(12)13-6;1-7(9(2,3)4)6-8(10)11-5;1-7(8(2,3)4)6-11(5,9)10;/h8H,6-7H2,1-5H3,(H,12,14);8-9H,7H2,1-6H3;2*7H,6H2,1-5H3;1H4. The fourth-order valence-corrected chi connectivity index (χ4v) is 5.80. The lowest BCUT2D eigenvalue weighted by molar-refractivity contribution is -0.144. The second kappa shape index (κ2) is 26.4. The Morgan fingerprint density at radius 3 is 1.17 bits per heavy atom. The largest absolute Gasteiger partial charge is 0.469 e. The van der Waals surface area contributed by atoms with E-state index in [0.29, 0.717) is 37.1 Å². The molecule has 0 bridgehead atoms. The molecule has 0 aliphatic heterocycles. The first kappa shape index (κ1) is 58.9. The Bertz CT molecular complexity index is 1110. The summed E-state index contributed by atoms with van der Waals surface area (Å²) >= 11 is 0. The van der Waals surface area contributed by atoms with Crippen molar-refractivity contribution in [2.45, 2.75) is 137 Å². The maximum Gasteiger partial charge on any atom is 0.406 e. The molecule has 0 fully saturated rings. The summed E-state index contributed by atoms with van der Waals surface area (Å²) in [5, 5.41) is 2.60. The predicted octanol–water partition coefficient (Wildman–Crippen LogP) is 9.02. The van der Waals surface area contributed by atoms with Crippen molar-refractivity contribution >= 4 is 33.8 Å². The zero-order chi connectivity index (χ0) is 41.8. The molecule has 1 N–H and O–H groups in total. The van der Waals surface area contributed by atoms with Gasteiger partial charge < -0.3 is 24.3 Å². The van der Waals surface area contributed by atoms with Crippen LogP contribution in [0.2, 0.25) is 0 Å². The van der Waals surface area contributed by atoms with Crippen molar-refractivity contribution in [3.8, 4) is 0 Å². The molecule has 0 saturated carbocycles. The summed E-state index contributed by atoms with van der Waals surface area (Å²) in [4.78, 5) is 44.2. The zero-order valence-electron chi connectivity index (χ0n) is 36.4. The Kier molecular flexibility index (Phi) is 29.9. The maximum atomic E-state index is 11.2. The van der Waals surface area contributed by atoms with Crippen LogP contribution in [0, 0.1) is 51.2 Å². The third-order valence-corrected chi connectivity index (χ3v) is 10.4. The highest BCUT2D eigenvalue weighted by atomic mass is 32.2. The van der Waals surface area contributed by atoms with Crippen molar-refractivity contribution in [1.82, 2.24) is 5.32 Å². The van der Waals surface area contributed by atoms with Crippen molar-refractivity contribution in [1.29, 1.82) is 0 Å². The second-order valence-electron chi connectivity index (χ2n) is 18.1. The first-order chi connectivity index (χ1) is 22.6. The van der Waals surface area contributed by atoms with E-state index in [9.17, 15) is 27.6 Å². The monoisotopic (exact) mass is 770 g/mol. The summed E-state index contributed by atoms with van der Waals surface area (Å²) in [6, 6.07) is 0. The molecule has 0 aromatic rings. The van der Waals surface area contributed by atoms with E-state index in [2.05, 4.69) is 107 Å². The van der Waals surface area contributed by atoms with E-state index in [1.807, 2.05) is 27.7 Å². The molecule has 0 rings (SSSR count). The van der Waals surface area contributed by atoms with Crippen LogP contribution in [-0.2, 0) is 43.2 Å². The molecule has 0 aromatic carbocycles. The van der Waals surface area contributed by atoms with Gasteiger partial charge in [-0.3, -0.25) is 14.4 Å². The van der Waals surface area contributed by atoms with E-state index < -0.39 is 15.9 Å². The number of esters is 3. The van der Waals surface area contributed by atoms with Crippen LogP contribution < -0.4 is 5.32 Å². The average molecular weight is 770 g/mol. The molecule has 314 valence electrons. The third kappa shape index (κ3) is 33.5. The molecule has 0 spiro atoms. The second-order valence-corrected chi connectivity index (χ2v) is 20.3. The van der Waals surface area contributed by atoms with Gasteiger partial charge in [0.15, 0.2) is 0 Å². The Morgan fingerprint density at radius 2 is 0.923 bits per heavy atom. The van der Waals surface area contributed by atoms with E-state index in [1.165, 1.54) is 34.7 Å². The molecule has 4 atom stereocenters. The fourth-order valence-electron chi connectivity index (χ4n) is 4.40. The first-order valence-electron chi connectivity index (χ1n) is 17.8. The minimum absolute atomic E-state index is 0. The molecule has 11 nitrogen and oxygen atoms in total. The smallest absolute Gasteiger partial charge is 0.406 e. The number of alkyl carbamates (subject to hydrolysis) is 1. The van der Waals surface area contributed by atoms with Crippen LogP contribution in [0.4, 0.5) is 4.79 Å². The lowest BCUT2D eigenvalue weighted by Gasteiger charge is -2.33. The molecule has 0 radical (unpaired) electrons. The summed E-state index contributed by atoms with van der Waals surface area (Å²) in [6.07, 6.45) is 2.12. The van der Waals surface area contributed by atoms with E-state index in [1.54, 1.807) is 0 Å². The van der Waals surface area contributed by atoms with Crippen LogP contribution >= 0.6 is 0 Å². The van der Waals surface area contributed by atoms with E-state index in [-0.39, 0.29) is 71.0 Å². The minimum atomic E-state index is -2.81. The summed E-state index contributed by atoms with van der Waals surface area (Å²) in [5.41, 5.74) is 0.356. The molecule has 52 heavy (non-hydrogen) atoms. The lowest BCUT2D eigenvalue weighted by atomic mass is 9.72.